The number of hydrogen-bond acceptors (Lipinski definition) is 8. The SMILES string of the molecule is CC(=O)OCC(C)C1=C(O)C2=C(C(=O)C1=O)C1(C)CCCC(C)(C)C1C(O)C2OC(C)=O. The van der Waals surface area contributed by atoms with Gasteiger partial charge in [-0.25, -0.2) is 0 Å². The van der Waals surface area contributed by atoms with Crippen molar-refractivity contribution in [2.24, 2.45) is 22.7 Å². The van der Waals surface area contributed by atoms with E-state index in [9.17, 15) is 29.4 Å². The van der Waals surface area contributed by atoms with Gasteiger partial charge >= 0.3 is 11.9 Å². The number of hydrogen-bond donors (Lipinski definition) is 2. The Hall–Kier alpha value is -2.48. The van der Waals surface area contributed by atoms with Gasteiger partial charge in [-0.2, -0.15) is 0 Å². The lowest BCUT2D eigenvalue weighted by molar-refractivity contribution is -0.166. The van der Waals surface area contributed by atoms with Crippen LogP contribution in [0.1, 0.15) is 60.8 Å². The van der Waals surface area contributed by atoms with Crippen molar-refractivity contribution in [3.05, 3.63) is 22.5 Å². The smallest absolute Gasteiger partial charge is 0.303 e. The standard InChI is InChI=1S/C24H32O8/c1-11(10-31-12(2)25)14-17(27)15-16(19(29)18(14)28)24(6)9-7-8-23(4,5)22(24)20(30)21(15)32-13(3)26/h11,20-22,27,30H,7-10H2,1-6H3. The minimum atomic E-state index is -1.29. The quantitative estimate of drug-likeness (QED) is 0.382. The Balaban J connectivity index is 2.26. The summed E-state index contributed by atoms with van der Waals surface area (Å²) in [5.74, 6) is -4.57. The molecule has 1 fully saturated rings. The van der Waals surface area contributed by atoms with Gasteiger partial charge in [0.15, 0.2) is 6.10 Å². The van der Waals surface area contributed by atoms with Gasteiger partial charge in [0.1, 0.15) is 5.76 Å². The summed E-state index contributed by atoms with van der Waals surface area (Å²) >= 11 is 0. The fourth-order valence-corrected chi connectivity index (χ4v) is 6.21. The second-order valence-corrected chi connectivity index (χ2v) is 10.2. The van der Waals surface area contributed by atoms with Crippen LogP contribution < -0.4 is 0 Å². The van der Waals surface area contributed by atoms with E-state index < -0.39 is 64.1 Å². The highest BCUT2D eigenvalue weighted by Crippen LogP contribution is 2.61. The van der Waals surface area contributed by atoms with Crippen LogP contribution in [-0.4, -0.2) is 52.5 Å². The van der Waals surface area contributed by atoms with Crippen LogP contribution in [-0.2, 0) is 28.7 Å². The maximum Gasteiger partial charge on any atom is 0.303 e. The van der Waals surface area contributed by atoms with Gasteiger partial charge in [-0.1, -0.05) is 34.1 Å². The van der Waals surface area contributed by atoms with Gasteiger partial charge in [0.2, 0.25) is 11.6 Å². The predicted molar refractivity (Wildman–Crippen MR) is 113 cm³/mol. The van der Waals surface area contributed by atoms with E-state index in [1.165, 1.54) is 13.8 Å². The Morgan fingerprint density at radius 3 is 2.28 bits per heavy atom. The summed E-state index contributed by atoms with van der Waals surface area (Å²) in [6, 6.07) is 0. The van der Waals surface area contributed by atoms with Crippen LogP contribution in [0.2, 0.25) is 0 Å². The van der Waals surface area contributed by atoms with E-state index >= 15 is 0 Å². The average molecular weight is 449 g/mol. The number of allylic oxidation sites excluding steroid dienone is 1. The monoisotopic (exact) mass is 448 g/mol. The highest BCUT2D eigenvalue weighted by atomic mass is 16.6. The number of rotatable bonds is 4. The summed E-state index contributed by atoms with van der Waals surface area (Å²) in [4.78, 5) is 49.8. The molecular formula is C24H32O8. The molecule has 0 heterocycles. The van der Waals surface area contributed by atoms with Crippen molar-refractivity contribution in [1.29, 1.82) is 0 Å². The van der Waals surface area contributed by atoms with Crippen LogP contribution in [0.4, 0.5) is 0 Å². The zero-order valence-electron chi connectivity index (χ0n) is 19.5. The van der Waals surface area contributed by atoms with Crippen molar-refractivity contribution in [3.8, 4) is 0 Å². The molecule has 3 rings (SSSR count). The Morgan fingerprint density at radius 2 is 1.72 bits per heavy atom. The van der Waals surface area contributed by atoms with Crippen LogP contribution in [0, 0.1) is 22.7 Å². The molecule has 8 nitrogen and oxygen atoms in total. The van der Waals surface area contributed by atoms with Gasteiger partial charge in [-0.05, 0) is 18.3 Å². The molecule has 1 saturated carbocycles. The zero-order chi connectivity index (χ0) is 24.2. The second-order valence-electron chi connectivity index (χ2n) is 10.2. The molecule has 3 aliphatic carbocycles. The van der Waals surface area contributed by atoms with E-state index in [1.54, 1.807) is 6.92 Å². The number of Topliss-reactive ketones (excluding diaryl/α,β-unsaturated/α-hetero) is 2. The molecule has 0 aromatic rings. The van der Waals surface area contributed by atoms with Gasteiger partial charge in [0.05, 0.1) is 18.3 Å². The Morgan fingerprint density at radius 1 is 1.09 bits per heavy atom. The van der Waals surface area contributed by atoms with E-state index in [4.69, 9.17) is 9.47 Å². The first-order valence-corrected chi connectivity index (χ1v) is 11.0. The summed E-state index contributed by atoms with van der Waals surface area (Å²) in [6.45, 7) is 9.58. The van der Waals surface area contributed by atoms with E-state index in [2.05, 4.69) is 0 Å². The molecular weight excluding hydrogens is 416 g/mol. The molecule has 0 radical (unpaired) electrons. The average Bonchev–Trinajstić information content (AvgIpc) is 2.65. The van der Waals surface area contributed by atoms with Gasteiger partial charge < -0.3 is 19.7 Å². The molecule has 0 bridgehead atoms. The van der Waals surface area contributed by atoms with Crippen molar-refractivity contribution in [1.82, 2.24) is 0 Å². The third-order valence-electron chi connectivity index (χ3n) is 7.33. The van der Waals surface area contributed by atoms with Crippen molar-refractivity contribution < 1.29 is 38.9 Å². The maximum absolute atomic E-state index is 13.5. The normalized spacial score (nSPS) is 32.8. The molecule has 5 unspecified atom stereocenters. The van der Waals surface area contributed by atoms with E-state index in [1.807, 2.05) is 20.8 Å². The first-order valence-electron chi connectivity index (χ1n) is 11.0. The molecule has 0 aliphatic heterocycles. The zero-order valence-corrected chi connectivity index (χ0v) is 19.5. The highest BCUT2D eigenvalue weighted by molar-refractivity contribution is 6.50. The number of carbonyl (C=O) groups excluding carboxylic acids is 4. The third kappa shape index (κ3) is 3.68. The fourth-order valence-electron chi connectivity index (χ4n) is 6.21. The summed E-state index contributed by atoms with van der Waals surface area (Å²) in [5, 5.41) is 22.6. The summed E-state index contributed by atoms with van der Waals surface area (Å²) in [6.07, 6.45) is -0.330. The third-order valence-corrected chi connectivity index (χ3v) is 7.33. The van der Waals surface area contributed by atoms with Crippen LogP contribution in [0.15, 0.2) is 22.5 Å². The van der Waals surface area contributed by atoms with E-state index in [0.717, 1.165) is 12.8 Å². The molecule has 5 atom stereocenters. The van der Waals surface area contributed by atoms with Crippen molar-refractivity contribution >= 4 is 23.5 Å². The summed E-state index contributed by atoms with van der Waals surface area (Å²) in [7, 11) is 0. The number of carbonyl (C=O) groups is 4. The first-order chi connectivity index (χ1) is 14.7. The van der Waals surface area contributed by atoms with Crippen molar-refractivity contribution in [2.45, 2.75) is 73.0 Å². The largest absolute Gasteiger partial charge is 0.507 e. The summed E-state index contributed by atoms with van der Waals surface area (Å²) < 4.78 is 10.4. The maximum atomic E-state index is 13.5. The molecule has 176 valence electrons. The van der Waals surface area contributed by atoms with E-state index in [0.29, 0.717) is 6.42 Å². The lowest BCUT2D eigenvalue weighted by Crippen LogP contribution is -2.60. The van der Waals surface area contributed by atoms with Gasteiger partial charge in [0, 0.05) is 42.2 Å². The van der Waals surface area contributed by atoms with Gasteiger partial charge in [-0.15, -0.1) is 0 Å². The Labute approximate surface area is 187 Å². The van der Waals surface area contributed by atoms with Crippen LogP contribution in [0.3, 0.4) is 0 Å². The molecule has 0 saturated heterocycles. The minimum absolute atomic E-state index is 0.00146. The molecule has 3 aliphatic rings. The minimum Gasteiger partial charge on any atom is -0.507 e. The molecule has 0 amide bonds. The number of esters is 2. The van der Waals surface area contributed by atoms with Crippen LogP contribution >= 0.6 is 0 Å². The fraction of sp³-hybridized carbons (Fsp3) is 0.667. The number of ether oxygens (including phenoxy) is 2. The van der Waals surface area contributed by atoms with Crippen molar-refractivity contribution in [2.75, 3.05) is 6.61 Å². The molecule has 8 heteroatoms. The van der Waals surface area contributed by atoms with Gasteiger partial charge in [0.25, 0.3) is 0 Å². The number of aliphatic hydroxyl groups is 2. The lowest BCUT2D eigenvalue weighted by Gasteiger charge is -2.58. The second kappa shape index (κ2) is 8.14. The highest BCUT2D eigenvalue weighted by Gasteiger charge is 2.62. The topological polar surface area (TPSA) is 127 Å². The first kappa shape index (κ1) is 24.2. The molecule has 0 spiro atoms. The lowest BCUT2D eigenvalue weighted by atomic mass is 9.47. The van der Waals surface area contributed by atoms with Crippen LogP contribution in [0.25, 0.3) is 0 Å². The van der Waals surface area contributed by atoms with E-state index in [-0.39, 0.29) is 23.3 Å². The number of aliphatic hydroxyl groups excluding tert-OH is 2. The Bertz CT molecular complexity index is 940. The van der Waals surface area contributed by atoms with Crippen LogP contribution in [0.5, 0.6) is 0 Å². The van der Waals surface area contributed by atoms with Crippen molar-refractivity contribution in [3.63, 3.8) is 0 Å². The molecule has 0 aromatic carbocycles. The van der Waals surface area contributed by atoms with Gasteiger partial charge in [-0.3, -0.25) is 19.2 Å². The Kier molecular flexibility index (Phi) is 6.15. The molecule has 2 N–H and O–H groups in total. The molecule has 0 aromatic heterocycles. The summed E-state index contributed by atoms with van der Waals surface area (Å²) in [5.41, 5.74) is -1.35. The predicted octanol–water partition coefficient (Wildman–Crippen LogP) is 2.58. The number of fused-ring (bicyclic) bond motifs is 2. The molecule has 32 heavy (non-hydrogen) atoms. The number of ketones is 2.